The van der Waals surface area contributed by atoms with E-state index in [9.17, 15) is 0 Å². The minimum absolute atomic E-state index is 0. The normalized spacial score (nSPS) is 23.7. The molecule has 7 nitrogen and oxygen atoms in total. The number of aromatic nitrogens is 1. The highest BCUT2D eigenvalue weighted by atomic mass is 127. The second-order valence-corrected chi connectivity index (χ2v) is 9.77. The van der Waals surface area contributed by atoms with Crippen LogP contribution in [0.5, 0.6) is 0 Å². The molecule has 182 valence electrons. The quantitative estimate of drug-likeness (QED) is 0.314. The zero-order valence-electron chi connectivity index (χ0n) is 20.3. The van der Waals surface area contributed by atoms with E-state index in [1.807, 2.05) is 13.8 Å². The molecule has 32 heavy (non-hydrogen) atoms. The first-order valence-corrected chi connectivity index (χ1v) is 12.5. The summed E-state index contributed by atoms with van der Waals surface area (Å²) in [6, 6.07) is 0. The molecule has 0 radical (unpaired) electrons. The van der Waals surface area contributed by atoms with Gasteiger partial charge in [0.15, 0.2) is 5.96 Å². The van der Waals surface area contributed by atoms with E-state index in [4.69, 9.17) is 9.41 Å². The van der Waals surface area contributed by atoms with Crippen molar-refractivity contribution in [2.75, 3.05) is 58.9 Å². The maximum absolute atomic E-state index is 5.77. The van der Waals surface area contributed by atoms with Crippen LogP contribution in [0.25, 0.3) is 0 Å². The third kappa shape index (κ3) is 7.06. The van der Waals surface area contributed by atoms with E-state index in [1.165, 1.54) is 51.7 Å². The lowest BCUT2D eigenvalue weighted by molar-refractivity contribution is 0.166. The molecule has 1 aromatic rings. The first-order chi connectivity index (χ1) is 15.1. The van der Waals surface area contributed by atoms with E-state index in [-0.39, 0.29) is 24.0 Å². The summed E-state index contributed by atoms with van der Waals surface area (Å²) in [5, 5.41) is 3.56. The lowest BCUT2D eigenvalue weighted by Gasteiger charge is -2.30. The molecule has 1 atom stereocenters. The Kier molecular flexibility index (Phi) is 10.1. The standard InChI is InChI=1S/C24H42N6O.HI/c1-4-25-24(30-14-9-22(17-30)16-28-10-5-6-11-28)26-15-21-7-12-29(13-8-21)18-23-27-19(2)20(3)31-23;/h21-22H,4-18H2,1-3H3,(H,25,26);1H. The van der Waals surface area contributed by atoms with Gasteiger partial charge < -0.3 is 19.5 Å². The number of hydrogen-bond acceptors (Lipinski definition) is 5. The Bertz CT molecular complexity index is 705. The number of hydrogen-bond donors (Lipinski definition) is 1. The number of rotatable bonds is 7. The number of piperidine rings is 1. The molecule has 1 N–H and O–H groups in total. The van der Waals surface area contributed by atoms with E-state index in [1.54, 1.807) is 0 Å². The molecule has 0 bridgehead atoms. The molecule has 3 aliphatic rings. The molecule has 0 amide bonds. The minimum atomic E-state index is 0. The number of oxazole rings is 1. The molecule has 0 aliphatic carbocycles. The number of aliphatic imine (C=N–C) groups is 1. The summed E-state index contributed by atoms with van der Waals surface area (Å²) >= 11 is 0. The van der Waals surface area contributed by atoms with Gasteiger partial charge in [-0.2, -0.15) is 0 Å². The van der Waals surface area contributed by atoms with Crippen LogP contribution in [0.1, 0.15) is 56.4 Å². The molecule has 1 aromatic heterocycles. The Labute approximate surface area is 211 Å². The molecule has 0 spiro atoms. The molecule has 3 saturated heterocycles. The van der Waals surface area contributed by atoms with E-state index >= 15 is 0 Å². The van der Waals surface area contributed by atoms with Crippen LogP contribution in [0.3, 0.4) is 0 Å². The predicted octanol–water partition coefficient (Wildman–Crippen LogP) is 3.50. The zero-order chi connectivity index (χ0) is 21.6. The van der Waals surface area contributed by atoms with E-state index in [0.717, 1.165) is 75.0 Å². The lowest BCUT2D eigenvalue weighted by Crippen LogP contribution is -2.41. The van der Waals surface area contributed by atoms with E-state index < -0.39 is 0 Å². The van der Waals surface area contributed by atoms with Crippen molar-refractivity contribution in [2.24, 2.45) is 16.8 Å². The maximum Gasteiger partial charge on any atom is 0.208 e. The number of nitrogens with one attached hydrogen (secondary N) is 1. The second kappa shape index (κ2) is 12.6. The van der Waals surface area contributed by atoms with Gasteiger partial charge in [0.25, 0.3) is 0 Å². The molecule has 4 rings (SSSR count). The van der Waals surface area contributed by atoms with Gasteiger partial charge in [0.1, 0.15) is 5.76 Å². The van der Waals surface area contributed by atoms with Gasteiger partial charge in [0.2, 0.25) is 5.89 Å². The van der Waals surface area contributed by atoms with Gasteiger partial charge in [0.05, 0.1) is 12.2 Å². The molecule has 0 aromatic carbocycles. The number of aryl methyl sites for hydroxylation is 2. The van der Waals surface area contributed by atoms with Crippen molar-refractivity contribution in [3.8, 4) is 0 Å². The average molecular weight is 559 g/mol. The highest BCUT2D eigenvalue weighted by molar-refractivity contribution is 14.0. The van der Waals surface area contributed by atoms with Crippen molar-refractivity contribution in [2.45, 2.75) is 59.4 Å². The Balaban J connectivity index is 0.00000289. The smallest absolute Gasteiger partial charge is 0.208 e. The third-order valence-electron chi connectivity index (χ3n) is 7.27. The summed E-state index contributed by atoms with van der Waals surface area (Å²) in [6.45, 7) is 17.3. The monoisotopic (exact) mass is 558 g/mol. The van der Waals surface area contributed by atoms with Gasteiger partial charge in [-0.05, 0) is 90.9 Å². The van der Waals surface area contributed by atoms with Crippen LogP contribution in [0.4, 0.5) is 0 Å². The van der Waals surface area contributed by atoms with Crippen LogP contribution >= 0.6 is 24.0 Å². The molecule has 3 aliphatic heterocycles. The van der Waals surface area contributed by atoms with Gasteiger partial charge in [-0.15, -0.1) is 24.0 Å². The second-order valence-electron chi connectivity index (χ2n) is 9.77. The predicted molar refractivity (Wildman–Crippen MR) is 141 cm³/mol. The summed E-state index contributed by atoms with van der Waals surface area (Å²) in [4.78, 5) is 17.3. The van der Waals surface area contributed by atoms with E-state index in [2.05, 4.69) is 31.9 Å². The van der Waals surface area contributed by atoms with E-state index in [0.29, 0.717) is 5.92 Å². The van der Waals surface area contributed by atoms with Crippen LogP contribution in [0.15, 0.2) is 9.41 Å². The number of guanidine groups is 1. The number of nitrogens with zero attached hydrogens (tertiary/aromatic N) is 5. The molecule has 1 unspecified atom stereocenters. The Morgan fingerprint density at radius 3 is 2.41 bits per heavy atom. The molecular weight excluding hydrogens is 515 g/mol. The molecular formula is C24H43IN6O. The number of likely N-dealkylation sites (tertiary alicyclic amines) is 3. The van der Waals surface area contributed by atoms with Crippen LogP contribution in [0, 0.1) is 25.7 Å². The van der Waals surface area contributed by atoms with Gasteiger partial charge >= 0.3 is 0 Å². The Hall–Kier alpha value is -0.870. The highest BCUT2D eigenvalue weighted by Crippen LogP contribution is 2.22. The fraction of sp³-hybridized carbons (Fsp3) is 0.833. The van der Waals surface area contributed by atoms with Crippen molar-refractivity contribution in [1.82, 2.24) is 25.0 Å². The lowest BCUT2D eigenvalue weighted by atomic mass is 9.97. The van der Waals surface area contributed by atoms with Crippen LogP contribution in [-0.2, 0) is 6.54 Å². The zero-order valence-corrected chi connectivity index (χ0v) is 22.6. The van der Waals surface area contributed by atoms with Crippen LogP contribution in [-0.4, -0.2) is 84.5 Å². The molecule has 8 heteroatoms. The summed E-state index contributed by atoms with van der Waals surface area (Å²) in [7, 11) is 0. The summed E-state index contributed by atoms with van der Waals surface area (Å²) in [5.41, 5.74) is 1.01. The van der Waals surface area contributed by atoms with Crippen molar-refractivity contribution < 1.29 is 4.42 Å². The fourth-order valence-corrected chi connectivity index (χ4v) is 5.27. The summed E-state index contributed by atoms with van der Waals surface area (Å²) < 4.78 is 5.77. The summed E-state index contributed by atoms with van der Waals surface area (Å²) in [6.07, 6.45) is 6.49. The van der Waals surface area contributed by atoms with Crippen molar-refractivity contribution >= 4 is 29.9 Å². The molecule has 4 heterocycles. The average Bonchev–Trinajstić information content (AvgIpc) is 3.50. The van der Waals surface area contributed by atoms with Crippen LogP contribution < -0.4 is 5.32 Å². The van der Waals surface area contributed by atoms with Gasteiger partial charge in [-0.3, -0.25) is 9.89 Å². The highest BCUT2D eigenvalue weighted by Gasteiger charge is 2.28. The molecule has 3 fully saturated rings. The van der Waals surface area contributed by atoms with Gasteiger partial charge in [-0.1, -0.05) is 0 Å². The van der Waals surface area contributed by atoms with Crippen molar-refractivity contribution in [1.29, 1.82) is 0 Å². The van der Waals surface area contributed by atoms with Gasteiger partial charge in [-0.25, -0.2) is 4.98 Å². The van der Waals surface area contributed by atoms with Crippen LogP contribution in [0.2, 0.25) is 0 Å². The van der Waals surface area contributed by atoms with Gasteiger partial charge in [0, 0.05) is 32.7 Å². The fourth-order valence-electron chi connectivity index (χ4n) is 5.27. The topological polar surface area (TPSA) is 60.1 Å². The first kappa shape index (κ1) is 25.7. The molecule has 0 saturated carbocycles. The first-order valence-electron chi connectivity index (χ1n) is 12.5. The summed E-state index contributed by atoms with van der Waals surface area (Å²) in [5.74, 6) is 4.42. The third-order valence-corrected chi connectivity index (χ3v) is 7.27. The van der Waals surface area contributed by atoms with Crippen molar-refractivity contribution in [3.63, 3.8) is 0 Å². The SMILES string of the molecule is CCNC(=NCC1CCN(Cc2nc(C)c(C)o2)CC1)N1CCC(CN2CCCC2)C1.I. The largest absolute Gasteiger partial charge is 0.444 e. The number of halogens is 1. The van der Waals surface area contributed by atoms with Crippen molar-refractivity contribution in [3.05, 3.63) is 17.3 Å². The Morgan fingerprint density at radius 2 is 1.75 bits per heavy atom. The minimum Gasteiger partial charge on any atom is -0.444 e. The Morgan fingerprint density at radius 1 is 1.03 bits per heavy atom. The maximum atomic E-state index is 5.77.